The lowest BCUT2D eigenvalue weighted by Crippen LogP contribution is -2.45. The Morgan fingerprint density at radius 2 is 0.667 bits per heavy atom. The van der Waals surface area contributed by atoms with Gasteiger partial charge in [-0.3, -0.25) is 13.8 Å². The van der Waals surface area contributed by atoms with Crippen molar-refractivity contribution < 1.29 is 32.9 Å². The van der Waals surface area contributed by atoms with Crippen molar-refractivity contribution in [1.29, 1.82) is 0 Å². The smallest absolute Gasteiger partial charge is 0.387 e. The predicted molar refractivity (Wildman–Crippen MR) is 383 cm³/mol. The van der Waals surface area contributed by atoms with Gasteiger partial charge in [-0.15, -0.1) is 0 Å². The number of rotatable bonds is 71. The fraction of sp³-hybridized carbons (Fsp3) is 0.859. The van der Waals surface area contributed by atoms with E-state index in [1.807, 2.05) is 27.2 Å². The Kier molecular flexibility index (Phi) is 67.1. The van der Waals surface area contributed by atoms with Gasteiger partial charge in [0.25, 0.3) is 0 Å². The summed E-state index contributed by atoms with van der Waals surface area (Å²) in [4.78, 5) is 23.5. The van der Waals surface area contributed by atoms with Crippen molar-refractivity contribution in [3.8, 4) is 0 Å². The topological polar surface area (TPSA) is 105 Å². The van der Waals surface area contributed by atoms with E-state index < -0.39 is 20.0 Å². The van der Waals surface area contributed by atoms with Gasteiger partial charge in [-0.05, 0) is 77.0 Å². The molecule has 0 aliphatic rings. The molecule has 0 saturated carbocycles. The molecule has 87 heavy (non-hydrogen) atoms. The highest BCUT2D eigenvalue weighted by molar-refractivity contribution is 7.47. The van der Waals surface area contributed by atoms with Crippen molar-refractivity contribution in [1.82, 2.24) is 5.32 Å². The average molecular weight is 1240 g/mol. The molecule has 0 rings (SSSR count). The number of hydrogen-bond donors (Lipinski definition) is 3. The maximum absolute atomic E-state index is 13.1. The van der Waals surface area contributed by atoms with Crippen LogP contribution in [0.2, 0.25) is 0 Å². The summed E-state index contributed by atoms with van der Waals surface area (Å²) in [5, 5.41) is 14.0. The molecule has 1 amide bonds. The van der Waals surface area contributed by atoms with Crippen LogP contribution in [0.3, 0.4) is 0 Å². The highest BCUT2D eigenvalue weighted by Crippen LogP contribution is 2.43. The lowest BCUT2D eigenvalue weighted by molar-refractivity contribution is -0.870. The molecule has 0 fully saturated rings. The zero-order chi connectivity index (χ0) is 63.4. The number of hydrogen-bond acceptors (Lipinski definition) is 5. The third kappa shape index (κ3) is 71.5. The van der Waals surface area contributed by atoms with Crippen LogP contribution in [0.1, 0.15) is 380 Å². The van der Waals surface area contributed by atoms with Crippen molar-refractivity contribution in [2.75, 3.05) is 40.9 Å². The summed E-state index contributed by atoms with van der Waals surface area (Å²) in [5.74, 6) is -0.185. The number of nitrogens with one attached hydrogen (secondary N) is 1. The molecule has 0 aliphatic carbocycles. The Morgan fingerprint density at radius 1 is 0.391 bits per heavy atom. The van der Waals surface area contributed by atoms with Gasteiger partial charge in [0.1, 0.15) is 13.2 Å². The molecule has 0 saturated heterocycles. The lowest BCUT2D eigenvalue weighted by atomic mass is 10.0. The Morgan fingerprint density at radius 3 is 0.989 bits per heavy atom. The SMILES string of the molecule is CCCCCCC/C=C\C/C=C\CCCCCCCCCCCCCCCCCCCCCCCC(=O)NC(COP(=O)(O)OCC[N+](C)(C)C)C(O)/C=C/CC/C=C/CC/C=C/CCCCCCCCCCCCCCCCCCCCCCCC. The van der Waals surface area contributed by atoms with Gasteiger partial charge < -0.3 is 19.8 Å². The van der Waals surface area contributed by atoms with Gasteiger partial charge in [0, 0.05) is 6.42 Å². The molecule has 0 bridgehead atoms. The molecule has 512 valence electrons. The molecular formula is C78H150N2O6P+. The summed E-state index contributed by atoms with van der Waals surface area (Å²) < 4.78 is 23.8. The fourth-order valence-corrected chi connectivity index (χ4v) is 12.3. The minimum atomic E-state index is -4.37. The Labute approximate surface area is 542 Å². The molecule has 3 atom stereocenters. The van der Waals surface area contributed by atoms with Gasteiger partial charge in [-0.2, -0.15) is 0 Å². The number of phosphoric acid groups is 1. The number of allylic oxidation sites excluding steroid dienone is 9. The number of carbonyl (C=O) groups excluding carboxylic acids is 1. The molecule has 0 aromatic rings. The van der Waals surface area contributed by atoms with Gasteiger partial charge in [0.05, 0.1) is 39.9 Å². The van der Waals surface area contributed by atoms with E-state index in [0.29, 0.717) is 17.4 Å². The second-order valence-electron chi connectivity index (χ2n) is 27.4. The first-order chi connectivity index (χ1) is 42.5. The fourth-order valence-electron chi connectivity index (χ4n) is 11.5. The molecular weight excluding hydrogens is 1090 g/mol. The minimum absolute atomic E-state index is 0.0538. The average Bonchev–Trinajstić information content (AvgIpc) is 3.71. The number of amides is 1. The van der Waals surface area contributed by atoms with Crippen molar-refractivity contribution in [3.63, 3.8) is 0 Å². The number of quaternary nitrogens is 1. The summed E-state index contributed by atoms with van der Waals surface area (Å²) in [6.45, 7) is 4.83. The third-order valence-corrected chi connectivity index (χ3v) is 18.4. The highest BCUT2D eigenvalue weighted by atomic mass is 31.2. The normalized spacial score (nSPS) is 13.9. The summed E-state index contributed by atoms with van der Waals surface area (Å²) in [5.41, 5.74) is 0. The summed E-state index contributed by atoms with van der Waals surface area (Å²) >= 11 is 0. The van der Waals surface area contributed by atoms with Crippen LogP contribution in [-0.2, 0) is 18.4 Å². The van der Waals surface area contributed by atoms with Gasteiger partial charge in [0.2, 0.25) is 5.91 Å². The molecule has 0 heterocycles. The summed E-state index contributed by atoms with van der Waals surface area (Å²) in [6.07, 6.45) is 95.5. The van der Waals surface area contributed by atoms with E-state index in [2.05, 4.69) is 67.8 Å². The number of aliphatic hydroxyl groups is 1. The molecule has 3 unspecified atom stereocenters. The van der Waals surface area contributed by atoms with Crippen LogP contribution in [0.4, 0.5) is 0 Å². The van der Waals surface area contributed by atoms with Crippen LogP contribution < -0.4 is 5.32 Å². The van der Waals surface area contributed by atoms with Crippen molar-refractivity contribution in [3.05, 3.63) is 60.8 Å². The van der Waals surface area contributed by atoms with Gasteiger partial charge in [-0.25, -0.2) is 4.57 Å². The van der Waals surface area contributed by atoms with Crippen LogP contribution in [0.25, 0.3) is 0 Å². The monoisotopic (exact) mass is 1240 g/mol. The molecule has 0 radical (unpaired) electrons. The Bertz CT molecular complexity index is 1600. The van der Waals surface area contributed by atoms with Crippen molar-refractivity contribution >= 4 is 13.7 Å². The highest BCUT2D eigenvalue weighted by Gasteiger charge is 2.28. The largest absolute Gasteiger partial charge is 0.472 e. The number of unbranched alkanes of at least 4 members (excludes halogenated alkanes) is 50. The maximum Gasteiger partial charge on any atom is 0.472 e. The van der Waals surface area contributed by atoms with E-state index in [4.69, 9.17) is 9.05 Å². The minimum Gasteiger partial charge on any atom is -0.387 e. The third-order valence-electron chi connectivity index (χ3n) is 17.4. The van der Waals surface area contributed by atoms with Gasteiger partial charge in [0.15, 0.2) is 0 Å². The van der Waals surface area contributed by atoms with E-state index >= 15 is 0 Å². The van der Waals surface area contributed by atoms with E-state index in [1.54, 1.807) is 6.08 Å². The zero-order valence-corrected chi connectivity index (χ0v) is 59.7. The van der Waals surface area contributed by atoms with Crippen molar-refractivity contribution in [2.45, 2.75) is 392 Å². The van der Waals surface area contributed by atoms with E-state index in [1.165, 1.54) is 308 Å². The molecule has 9 heteroatoms. The molecule has 8 nitrogen and oxygen atoms in total. The predicted octanol–water partition coefficient (Wildman–Crippen LogP) is 24.7. The quantitative estimate of drug-likeness (QED) is 0.0243. The Balaban J connectivity index is 4.05. The number of aliphatic hydroxyl groups excluding tert-OH is 1. The first-order valence-corrected chi connectivity index (χ1v) is 39.7. The molecule has 0 aromatic carbocycles. The second kappa shape index (κ2) is 68.6. The number of nitrogens with zero attached hydrogens (tertiary/aromatic N) is 1. The standard InChI is InChI=1S/C78H149N2O6P/c1-6-8-10-12-14-16-18-20-22-24-26-28-30-32-34-36-38-40-42-44-46-48-50-52-54-56-58-60-62-64-66-68-70-72-78(82)79-76(75-86-87(83,84)85-74-73-80(3,4)5)77(81)71-69-67-65-63-61-59-57-55-53-51-49-47-45-43-41-39-37-35-33-31-29-27-25-23-21-19-17-15-13-11-9-7-2/h18,20,24,26,53,55,61,63,69,71,76-77,81H,6-17,19,21-23,25,27-52,54,56-60,62,64-68,70,72-75H2,1-5H3,(H-,79,82,83,84)/p+1/b20-18-,26-24-,55-53+,63-61+,71-69+. The first kappa shape index (κ1) is 85.2. The van der Waals surface area contributed by atoms with Crippen LogP contribution >= 0.6 is 7.82 Å². The summed E-state index contributed by atoms with van der Waals surface area (Å²) in [6, 6.07) is -0.873. The Hall–Kier alpha value is -1.80. The van der Waals surface area contributed by atoms with Crippen LogP contribution in [0, 0.1) is 0 Å². The second-order valence-corrected chi connectivity index (χ2v) is 28.8. The molecule has 0 spiro atoms. The zero-order valence-electron chi connectivity index (χ0n) is 58.8. The molecule has 0 aliphatic heterocycles. The van der Waals surface area contributed by atoms with Crippen LogP contribution in [-0.4, -0.2) is 73.4 Å². The van der Waals surface area contributed by atoms with E-state index in [-0.39, 0.29) is 19.1 Å². The van der Waals surface area contributed by atoms with Gasteiger partial charge >= 0.3 is 7.82 Å². The number of likely N-dealkylation sites (N-methyl/N-ethyl adjacent to an activating group) is 1. The van der Waals surface area contributed by atoms with Gasteiger partial charge in [-0.1, -0.05) is 357 Å². The summed E-state index contributed by atoms with van der Waals surface area (Å²) in [7, 11) is 1.56. The molecule has 0 aromatic heterocycles. The van der Waals surface area contributed by atoms with Crippen molar-refractivity contribution in [2.24, 2.45) is 0 Å². The van der Waals surface area contributed by atoms with E-state index in [9.17, 15) is 19.4 Å². The number of carbonyl (C=O) groups is 1. The molecule has 3 N–H and O–H groups in total. The maximum atomic E-state index is 13.1. The first-order valence-electron chi connectivity index (χ1n) is 38.2. The van der Waals surface area contributed by atoms with E-state index in [0.717, 1.165) is 51.4 Å². The number of phosphoric ester groups is 1. The van der Waals surface area contributed by atoms with Crippen LogP contribution in [0.15, 0.2) is 60.8 Å². The lowest BCUT2D eigenvalue weighted by Gasteiger charge is -2.25. The van der Waals surface area contributed by atoms with Crippen LogP contribution in [0.5, 0.6) is 0 Å².